The molecular weight excluding hydrogens is 1300 g/mol. The van der Waals surface area contributed by atoms with Crippen molar-refractivity contribution in [1.82, 2.24) is 0 Å². The standard InChI is InChI=1S/C60H42.C48H34/c1-5-21-46(22-6-1)57(47-23-7-2-8-24-47)41-43-19-17-29-51(39-43)45-35-37-50(38-36-45)59-53-31-13-15-33-55(53)60(56-34-16-14-32-54(56)59)52-30-18-20-44(40-52)42-58(48-25-9-3-10-26-48)49-27-11-4-12-28-49;1-4-14-35(15-5-1)24-25-36-26-30-40(31-27-36)47-42-20-10-12-22-44(42)48(45-23-13-11-21-43(45)47)41-32-28-37(29-33-41)34-46(38-16-6-2-7-17-38)39-18-8-3-9-19-39/h1-42H;1-34H/b;25-24+. The molecule has 0 unspecified atom stereocenters. The van der Waals surface area contributed by atoms with E-state index in [1.165, 1.54) is 177 Å². The molecule has 0 fully saturated rings. The van der Waals surface area contributed by atoms with E-state index in [1.54, 1.807) is 0 Å². The summed E-state index contributed by atoms with van der Waals surface area (Å²) >= 11 is 0. The Morgan fingerprint density at radius 2 is 0.352 bits per heavy atom. The first-order chi connectivity index (χ1) is 53.6. The molecule has 18 aromatic carbocycles. The summed E-state index contributed by atoms with van der Waals surface area (Å²) in [7, 11) is 0. The van der Waals surface area contributed by atoms with E-state index in [9.17, 15) is 0 Å². The van der Waals surface area contributed by atoms with Crippen LogP contribution >= 0.6 is 0 Å². The fourth-order valence-electron chi connectivity index (χ4n) is 15.4. The monoisotopic (exact) mass is 1370 g/mol. The fourth-order valence-corrected chi connectivity index (χ4v) is 15.4. The van der Waals surface area contributed by atoms with E-state index in [0.717, 1.165) is 0 Å². The average molecular weight is 1370 g/mol. The van der Waals surface area contributed by atoms with Gasteiger partial charge in [0, 0.05) is 0 Å². The molecule has 0 heterocycles. The summed E-state index contributed by atoms with van der Waals surface area (Å²) in [6.45, 7) is 0. The molecule has 18 rings (SSSR count). The Morgan fingerprint density at radius 1 is 0.139 bits per heavy atom. The summed E-state index contributed by atoms with van der Waals surface area (Å²) in [5, 5.41) is 10.0. The summed E-state index contributed by atoms with van der Waals surface area (Å²) in [6.07, 6.45) is 11.3. The van der Waals surface area contributed by atoms with Crippen LogP contribution in [-0.2, 0) is 0 Å². The van der Waals surface area contributed by atoms with Gasteiger partial charge in [-0.25, -0.2) is 0 Å². The zero-order valence-corrected chi connectivity index (χ0v) is 59.9. The van der Waals surface area contributed by atoms with Crippen molar-refractivity contribution < 1.29 is 0 Å². The second-order valence-corrected chi connectivity index (χ2v) is 27.4. The number of rotatable bonds is 16. The third-order valence-corrected chi connectivity index (χ3v) is 20.5. The second kappa shape index (κ2) is 31.5. The van der Waals surface area contributed by atoms with Crippen LogP contribution in [0.25, 0.3) is 146 Å². The lowest BCUT2D eigenvalue weighted by atomic mass is 9.85. The summed E-state index contributed by atoms with van der Waals surface area (Å²) in [6, 6.07) is 155. The summed E-state index contributed by atoms with van der Waals surface area (Å²) in [5.74, 6) is 0. The maximum Gasteiger partial charge on any atom is -0.00262 e. The highest BCUT2D eigenvalue weighted by Gasteiger charge is 2.20. The van der Waals surface area contributed by atoms with Gasteiger partial charge in [0.15, 0.2) is 0 Å². The predicted molar refractivity (Wildman–Crippen MR) is 465 cm³/mol. The first-order valence-electron chi connectivity index (χ1n) is 37.2. The van der Waals surface area contributed by atoms with E-state index >= 15 is 0 Å². The molecule has 0 bridgehead atoms. The smallest absolute Gasteiger partial charge is 0.00262 e. The molecule has 0 amide bonds. The first-order valence-corrected chi connectivity index (χ1v) is 37.2. The number of hydrogen-bond donors (Lipinski definition) is 0. The summed E-state index contributed by atoms with van der Waals surface area (Å²) < 4.78 is 0. The molecule has 0 aliphatic heterocycles. The number of hydrogen-bond acceptors (Lipinski definition) is 0. The summed E-state index contributed by atoms with van der Waals surface area (Å²) in [4.78, 5) is 0. The van der Waals surface area contributed by atoms with Crippen LogP contribution in [0.5, 0.6) is 0 Å². The lowest BCUT2D eigenvalue weighted by Crippen LogP contribution is -1.92. The maximum absolute atomic E-state index is 2.35. The van der Waals surface area contributed by atoms with Gasteiger partial charge < -0.3 is 0 Å². The van der Waals surface area contributed by atoms with Crippen LogP contribution in [-0.4, -0.2) is 0 Å². The van der Waals surface area contributed by atoms with E-state index < -0.39 is 0 Å². The van der Waals surface area contributed by atoms with E-state index in [1.807, 2.05) is 6.07 Å². The Kier molecular flexibility index (Phi) is 19.6. The Hall–Kier alpha value is -14.0. The summed E-state index contributed by atoms with van der Waals surface area (Å²) in [5.41, 5.74) is 29.0. The molecule has 0 aliphatic carbocycles. The van der Waals surface area contributed by atoms with Crippen LogP contribution in [0.4, 0.5) is 0 Å². The molecule has 508 valence electrons. The van der Waals surface area contributed by atoms with E-state index in [4.69, 9.17) is 0 Å². The van der Waals surface area contributed by atoms with Gasteiger partial charge in [-0.3, -0.25) is 0 Å². The SMILES string of the molecule is C(=C(c1ccccc1)c1ccccc1)c1ccc(-c2c3ccccc3c(-c3ccc(/C=C/c4ccccc4)cc3)c3ccccc23)cc1.C(=C(c1ccccc1)c1ccccc1)c1cccc(-c2ccc(-c3c4ccccc4c(-c4cccc(C=C(c5ccccc5)c5ccccc5)c4)c4ccccc34)cc2)c1. The number of benzene rings is 18. The van der Waals surface area contributed by atoms with Crippen molar-refractivity contribution in [3.8, 4) is 55.6 Å². The van der Waals surface area contributed by atoms with Gasteiger partial charge in [0.1, 0.15) is 0 Å². The highest BCUT2D eigenvalue weighted by Crippen LogP contribution is 2.47. The third-order valence-electron chi connectivity index (χ3n) is 20.5. The first kappa shape index (κ1) is 67.2. The lowest BCUT2D eigenvalue weighted by Gasteiger charge is -2.18. The van der Waals surface area contributed by atoms with Crippen LogP contribution < -0.4 is 0 Å². The van der Waals surface area contributed by atoms with E-state index in [2.05, 4.69) is 455 Å². The van der Waals surface area contributed by atoms with Crippen LogP contribution in [0.1, 0.15) is 61.2 Å². The van der Waals surface area contributed by atoms with Gasteiger partial charge >= 0.3 is 0 Å². The highest BCUT2D eigenvalue weighted by atomic mass is 14.2. The van der Waals surface area contributed by atoms with Gasteiger partial charge in [0.2, 0.25) is 0 Å². The predicted octanol–water partition coefficient (Wildman–Crippen LogP) is 29.3. The van der Waals surface area contributed by atoms with Crippen molar-refractivity contribution in [3.63, 3.8) is 0 Å². The fraction of sp³-hybridized carbons (Fsp3) is 0. The molecule has 0 heteroatoms. The minimum atomic E-state index is 1.17. The molecule has 18 aromatic rings. The molecular formula is C108H76. The van der Waals surface area contributed by atoms with Crippen molar-refractivity contribution in [1.29, 1.82) is 0 Å². The van der Waals surface area contributed by atoms with Crippen molar-refractivity contribution in [2.75, 3.05) is 0 Å². The van der Waals surface area contributed by atoms with Crippen LogP contribution in [0.3, 0.4) is 0 Å². The van der Waals surface area contributed by atoms with Crippen molar-refractivity contribution in [2.45, 2.75) is 0 Å². The van der Waals surface area contributed by atoms with E-state index in [-0.39, 0.29) is 0 Å². The van der Waals surface area contributed by atoms with Gasteiger partial charge in [-0.1, -0.05) is 431 Å². The largest absolute Gasteiger partial charge is 0.0622 e. The molecule has 0 atom stereocenters. The molecule has 108 heavy (non-hydrogen) atoms. The molecule has 0 nitrogen and oxygen atoms in total. The molecule has 0 saturated heterocycles. The minimum absolute atomic E-state index is 1.17. The normalized spacial score (nSPS) is 11.1. The van der Waals surface area contributed by atoms with Crippen molar-refractivity contribution >= 4 is 90.2 Å². The average Bonchev–Trinajstić information content (AvgIpc) is 0.739. The van der Waals surface area contributed by atoms with Gasteiger partial charge in [-0.2, -0.15) is 0 Å². The van der Waals surface area contributed by atoms with Crippen molar-refractivity contribution in [3.05, 3.63) is 492 Å². The van der Waals surface area contributed by atoms with Gasteiger partial charge in [-0.05, 0) is 207 Å². The van der Waals surface area contributed by atoms with Gasteiger partial charge in [0.25, 0.3) is 0 Å². The topological polar surface area (TPSA) is 0 Å². The maximum atomic E-state index is 2.35. The van der Waals surface area contributed by atoms with Crippen LogP contribution in [0.15, 0.2) is 431 Å². The molecule has 0 saturated carbocycles. The zero-order valence-electron chi connectivity index (χ0n) is 59.9. The van der Waals surface area contributed by atoms with Crippen LogP contribution in [0.2, 0.25) is 0 Å². The van der Waals surface area contributed by atoms with Gasteiger partial charge in [-0.15, -0.1) is 0 Å². The van der Waals surface area contributed by atoms with Gasteiger partial charge in [0.05, 0.1) is 0 Å². The zero-order chi connectivity index (χ0) is 72.2. The Labute approximate surface area is 633 Å². The molecule has 0 N–H and O–H groups in total. The highest BCUT2D eigenvalue weighted by molar-refractivity contribution is 6.23. The van der Waals surface area contributed by atoms with Crippen LogP contribution in [0, 0.1) is 0 Å². The molecule has 0 aromatic heterocycles. The molecule has 0 spiro atoms. The number of fused-ring (bicyclic) bond motifs is 4. The Balaban J connectivity index is 0.000000162. The van der Waals surface area contributed by atoms with E-state index in [0.29, 0.717) is 0 Å². The quantitative estimate of drug-likeness (QED) is 0.0668. The minimum Gasteiger partial charge on any atom is -0.0622 e. The Morgan fingerprint density at radius 3 is 0.667 bits per heavy atom. The molecule has 0 aliphatic rings. The second-order valence-electron chi connectivity index (χ2n) is 27.4. The Bertz CT molecular complexity index is 6050. The lowest BCUT2D eigenvalue weighted by molar-refractivity contribution is 1.55. The third kappa shape index (κ3) is 14.5. The molecule has 0 radical (unpaired) electrons. The van der Waals surface area contributed by atoms with Crippen molar-refractivity contribution in [2.24, 2.45) is 0 Å².